The van der Waals surface area contributed by atoms with E-state index in [4.69, 9.17) is 16.7 Å². The second kappa shape index (κ2) is 4.55. The number of aromatic nitrogens is 3. The van der Waals surface area contributed by atoms with E-state index in [-0.39, 0.29) is 0 Å². The lowest BCUT2D eigenvalue weighted by Crippen LogP contribution is -1.95. The fraction of sp³-hybridized carbons (Fsp3) is 0.182. The molecule has 1 heterocycles. The summed E-state index contributed by atoms with van der Waals surface area (Å²) >= 11 is 6.14. The molecule has 1 N–H and O–H groups in total. The first-order valence-corrected chi connectivity index (χ1v) is 5.44. The molecule has 6 heteroatoms. The van der Waals surface area contributed by atoms with Crippen molar-refractivity contribution in [1.29, 1.82) is 0 Å². The van der Waals surface area contributed by atoms with Gasteiger partial charge < -0.3 is 5.11 Å². The second-order valence-electron chi connectivity index (χ2n) is 3.41. The van der Waals surface area contributed by atoms with Crippen molar-refractivity contribution in [3.05, 3.63) is 28.8 Å². The Labute approximate surface area is 102 Å². The first-order valence-electron chi connectivity index (χ1n) is 5.06. The number of nitrogens with zero attached hydrogens (tertiary/aromatic N) is 3. The van der Waals surface area contributed by atoms with Crippen LogP contribution in [0, 0.1) is 0 Å². The lowest BCUT2D eigenvalue weighted by molar-refractivity contribution is -0.131. The van der Waals surface area contributed by atoms with Crippen molar-refractivity contribution in [3.8, 4) is 0 Å². The lowest BCUT2D eigenvalue weighted by atomic mass is 10.2. The van der Waals surface area contributed by atoms with E-state index in [1.54, 1.807) is 10.7 Å². The fourth-order valence-electron chi connectivity index (χ4n) is 1.54. The fourth-order valence-corrected chi connectivity index (χ4v) is 1.80. The van der Waals surface area contributed by atoms with Crippen LogP contribution in [-0.2, 0) is 11.3 Å². The van der Waals surface area contributed by atoms with Crippen LogP contribution in [0.5, 0.6) is 0 Å². The van der Waals surface area contributed by atoms with E-state index in [1.165, 1.54) is 6.08 Å². The summed E-state index contributed by atoms with van der Waals surface area (Å²) < 4.78 is 1.73. The summed E-state index contributed by atoms with van der Waals surface area (Å²) in [6, 6.07) is 3.58. The predicted octanol–water partition coefficient (Wildman–Crippen LogP) is 2.20. The molecule has 0 unspecified atom stereocenters. The highest BCUT2D eigenvalue weighted by molar-refractivity contribution is 6.36. The second-order valence-corrected chi connectivity index (χ2v) is 3.79. The molecular formula is C11H10ClN3O2. The largest absolute Gasteiger partial charge is 0.478 e. The minimum atomic E-state index is -1.02. The standard InChI is InChI=1S/C11H10ClN3O2/c1-2-15-8-5-3-7(4-6-9(16)17)10(12)11(8)13-14-15/h3-6H,2H2,1H3,(H,16,17)/b6-4+. The number of aryl methyl sites for hydroxylation is 1. The average Bonchev–Trinajstić information content (AvgIpc) is 2.71. The molecule has 0 fully saturated rings. The molecule has 17 heavy (non-hydrogen) atoms. The Bertz CT molecular complexity index is 604. The smallest absolute Gasteiger partial charge is 0.328 e. The van der Waals surface area contributed by atoms with Gasteiger partial charge in [-0.15, -0.1) is 5.10 Å². The van der Waals surface area contributed by atoms with Gasteiger partial charge in [0, 0.05) is 12.6 Å². The number of carboxylic acid groups (broad SMARTS) is 1. The highest BCUT2D eigenvalue weighted by atomic mass is 35.5. The average molecular weight is 252 g/mol. The molecule has 88 valence electrons. The molecule has 0 saturated carbocycles. The Kier molecular flexibility index (Phi) is 3.10. The molecular weight excluding hydrogens is 242 g/mol. The summed E-state index contributed by atoms with van der Waals surface area (Å²) in [4.78, 5) is 10.4. The number of benzene rings is 1. The Balaban J connectivity index is 2.54. The van der Waals surface area contributed by atoms with E-state index in [1.807, 2.05) is 13.0 Å². The van der Waals surface area contributed by atoms with Gasteiger partial charge in [-0.25, -0.2) is 9.48 Å². The number of halogens is 1. The molecule has 2 rings (SSSR count). The van der Waals surface area contributed by atoms with E-state index >= 15 is 0 Å². The maximum atomic E-state index is 10.4. The normalized spacial score (nSPS) is 11.4. The maximum Gasteiger partial charge on any atom is 0.328 e. The highest BCUT2D eigenvalue weighted by Crippen LogP contribution is 2.26. The third-order valence-electron chi connectivity index (χ3n) is 2.36. The Morgan fingerprint density at radius 2 is 2.35 bits per heavy atom. The number of hydrogen-bond acceptors (Lipinski definition) is 3. The quantitative estimate of drug-likeness (QED) is 0.849. The number of fused-ring (bicyclic) bond motifs is 1. The summed E-state index contributed by atoms with van der Waals surface area (Å²) in [5.41, 5.74) is 2.04. The van der Waals surface area contributed by atoms with E-state index in [0.29, 0.717) is 22.6 Å². The van der Waals surface area contributed by atoms with Crippen LogP contribution < -0.4 is 0 Å². The number of hydrogen-bond donors (Lipinski definition) is 1. The minimum absolute atomic E-state index is 0.416. The topological polar surface area (TPSA) is 68.0 Å². The van der Waals surface area contributed by atoms with E-state index in [2.05, 4.69) is 10.3 Å². The Hall–Kier alpha value is -1.88. The van der Waals surface area contributed by atoms with Crippen LogP contribution in [0.25, 0.3) is 17.1 Å². The molecule has 0 bridgehead atoms. The summed E-state index contributed by atoms with van der Waals surface area (Å²) in [7, 11) is 0. The van der Waals surface area contributed by atoms with Crippen LogP contribution in [0.4, 0.5) is 0 Å². The van der Waals surface area contributed by atoms with Crippen LogP contribution >= 0.6 is 11.6 Å². The van der Waals surface area contributed by atoms with Gasteiger partial charge in [-0.05, 0) is 24.6 Å². The molecule has 0 atom stereocenters. The predicted molar refractivity (Wildman–Crippen MR) is 64.9 cm³/mol. The minimum Gasteiger partial charge on any atom is -0.478 e. The first-order chi connectivity index (χ1) is 8.13. The van der Waals surface area contributed by atoms with Gasteiger partial charge in [0.2, 0.25) is 0 Å². The zero-order valence-corrected chi connectivity index (χ0v) is 9.85. The Morgan fingerprint density at radius 1 is 1.59 bits per heavy atom. The van der Waals surface area contributed by atoms with E-state index in [9.17, 15) is 4.79 Å². The van der Waals surface area contributed by atoms with Crippen LogP contribution in [0.3, 0.4) is 0 Å². The molecule has 5 nitrogen and oxygen atoms in total. The Morgan fingerprint density at radius 3 is 3.00 bits per heavy atom. The molecule has 0 aliphatic carbocycles. The zero-order valence-electron chi connectivity index (χ0n) is 9.09. The molecule has 0 radical (unpaired) electrons. The van der Waals surface area contributed by atoms with Crippen molar-refractivity contribution in [3.63, 3.8) is 0 Å². The molecule has 2 aromatic rings. The number of carboxylic acids is 1. The van der Waals surface area contributed by atoms with Crippen LogP contribution in [0.2, 0.25) is 5.02 Å². The third-order valence-corrected chi connectivity index (χ3v) is 2.76. The molecule has 0 spiro atoms. The molecule has 0 amide bonds. The molecule has 1 aromatic heterocycles. The van der Waals surface area contributed by atoms with E-state index in [0.717, 1.165) is 11.6 Å². The van der Waals surface area contributed by atoms with Crippen molar-refractivity contribution in [2.24, 2.45) is 0 Å². The zero-order chi connectivity index (χ0) is 12.4. The molecule has 1 aromatic carbocycles. The van der Waals surface area contributed by atoms with Gasteiger partial charge in [0.1, 0.15) is 5.52 Å². The summed E-state index contributed by atoms with van der Waals surface area (Å²) in [6.07, 6.45) is 2.48. The van der Waals surface area contributed by atoms with Crippen LogP contribution in [-0.4, -0.2) is 26.1 Å². The van der Waals surface area contributed by atoms with Gasteiger partial charge in [-0.1, -0.05) is 22.9 Å². The number of rotatable bonds is 3. The van der Waals surface area contributed by atoms with Crippen molar-refractivity contribution >= 4 is 34.7 Å². The van der Waals surface area contributed by atoms with Crippen molar-refractivity contribution in [2.45, 2.75) is 13.5 Å². The van der Waals surface area contributed by atoms with Crippen LogP contribution in [0.15, 0.2) is 18.2 Å². The number of aliphatic carboxylic acids is 1. The molecule has 0 aliphatic heterocycles. The summed E-state index contributed by atoms with van der Waals surface area (Å²) in [5, 5.41) is 16.9. The number of carbonyl (C=O) groups is 1. The van der Waals surface area contributed by atoms with Crippen molar-refractivity contribution in [1.82, 2.24) is 15.0 Å². The monoisotopic (exact) mass is 251 g/mol. The van der Waals surface area contributed by atoms with Gasteiger partial charge in [0.15, 0.2) is 0 Å². The first kappa shape index (κ1) is 11.6. The summed E-state index contributed by atoms with van der Waals surface area (Å²) in [5.74, 6) is -1.02. The van der Waals surface area contributed by atoms with Crippen LogP contribution in [0.1, 0.15) is 12.5 Å². The van der Waals surface area contributed by atoms with Gasteiger partial charge in [-0.3, -0.25) is 0 Å². The maximum absolute atomic E-state index is 10.4. The van der Waals surface area contributed by atoms with Gasteiger partial charge >= 0.3 is 5.97 Å². The van der Waals surface area contributed by atoms with E-state index < -0.39 is 5.97 Å². The SMILES string of the molecule is CCn1nnc2c(Cl)c(/C=C/C(=O)O)ccc21. The van der Waals surface area contributed by atoms with Crippen molar-refractivity contribution < 1.29 is 9.90 Å². The third kappa shape index (κ3) is 2.14. The molecule has 0 aliphatic rings. The van der Waals surface area contributed by atoms with Crippen molar-refractivity contribution in [2.75, 3.05) is 0 Å². The van der Waals surface area contributed by atoms with Gasteiger partial charge in [0.25, 0.3) is 0 Å². The van der Waals surface area contributed by atoms with Gasteiger partial charge in [-0.2, -0.15) is 0 Å². The van der Waals surface area contributed by atoms with Gasteiger partial charge in [0.05, 0.1) is 10.5 Å². The summed E-state index contributed by atoms with van der Waals surface area (Å²) in [6.45, 7) is 2.66. The highest BCUT2D eigenvalue weighted by Gasteiger charge is 2.09. The lowest BCUT2D eigenvalue weighted by Gasteiger charge is -2.00. The molecule has 0 saturated heterocycles.